The Morgan fingerprint density at radius 1 is 1.22 bits per heavy atom. The van der Waals surface area contributed by atoms with E-state index in [0.717, 1.165) is 34.8 Å². The summed E-state index contributed by atoms with van der Waals surface area (Å²) in [5.41, 5.74) is 3.35. The van der Waals surface area contributed by atoms with Gasteiger partial charge in [-0.05, 0) is 42.2 Å². The van der Waals surface area contributed by atoms with Gasteiger partial charge in [0.1, 0.15) is 5.75 Å². The molecule has 0 aromatic heterocycles. The topological polar surface area (TPSA) is 27.7 Å². The van der Waals surface area contributed by atoms with Gasteiger partial charge in [-0.2, -0.15) is 0 Å². The minimum atomic E-state index is -0.257. The first-order valence-electron chi connectivity index (χ1n) is 6.08. The average Bonchev–Trinajstić information content (AvgIpc) is 2.92. The molecule has 0 saturated carbocycles. The molecule has 1 fully saturated rings. The van der Waals surface area contributed by atoms with E-state index in [1.54, 1.807) is 7.11 Å². The quantitative estimate of drug-likeness (QED) is 0.824. The van der Waals surface area contributed by atoms with Crippen molar-refractivity contribution in [2.45, 2.75) is 19.1 Å². The van der Waals surface area contributed by atoms with Gasteiger partial charge in [0.05, 0.1) is 25.4 Å². The summed E-state index contributed by atoms with van der Waals surface area (Å²) < 4.78 is 16.3. The molecule has 18 heavy (non-hydrogen) atoms. The Kier molecular flexibility index (Phi) is 3.29. The van der Waals surface area contributed by atoms with E-state index < -0.39 is 0 Å². The van der Waals surface area contributed by atoms with Crippen LogP contribution in [0, 0.1) is 0 Å². The lowest BCUT2D eigenvalue weighted by atomic mass is 9.91. The first-order chi connectivity index (χ1) is 8.79. The molecule has 0 atom stereocenters. The van der Waals surface area contributed by atoms with Gasteiger partial charge in [0.15, 0.2) is 6.29 Å². The number of hydrogen-bond donors (Lipinski definition) is 0. The maximum absolute atomic E-state index is 6.47. The molecule has 3 nitrogen and oxygen atoms in total. The summed E-state index contributed by atoms with van der Waals surface area (Å²) >= 11 is 6.47. The molecule has 3 rings (SSSR count). The van der Waals surface area contributed by atoms with Crippen molar-refractivity contribution in [3.05, 3.63) is 34.9 Å². The molecule has 0 unspecified atom stereocenters. The first kappa shape index (κ1) is 12.0. The van der Waals surface area contributed by atoms with Crippen molar-refractivity contribution < 1.29 is 14.2 Å². The Labute approximate surface area is 111 Å². The zero-order chi connectivity index (χ0) is 12.5. The van der Waals surface area contributed by atoms with Gasteiger partial charge in [0.2, 0.25) is 0 Å². The van der Waals surface area contributed by atoms with Crippen LogP contribution in [-0.2, 0) is 15.9 Å². The van der Waals surface area contributed by atoms with Crippen molar-refractivity contribution in [2.75, 3.05) is 20.3 Å². The molecular formula is C14H15ClO3. The fourth-order valence-corrected chi connectivity index (χ4v) is 2.82. The normalized spacial score (nSPS) is 20.1. The molecule has 0 radical (unpaired) electrons. The van der Waals surface area contributed by atoms with Gasteiger partial charge >= 0.3 is 0 Å². The predicted octanol–water partition coefficient (Wildman–Crippen LogP) is 2.96. The molecule has 2 aliphatic rings. The van der Waals surface area contributed by atoms with Crippen LogP contribution in [0.2, 0.25) is 0 Å². The summed E-state index contributed by atoms with van der Waals surface area (Å²) in [4.78, 5) is 0. The van der Waals surface area contributed by atoms with Crippen LogP contribution >= 0.6 is 11.6 Å². The highest BCUT2D eigenvalue weighted by Crippen LogP contribution is 2.38. The number of hydrogen-bond acceptors (Lipinski definition) is 3. The Bertz CT molecular complexity index is 490. The van der Waals surface area contributed by atoms with E-state index in [-0.39, 0.29) is 6.29 Å². The summed E-state index contributed by atoms with van der Waals surface area (Å²) in [7, 11) is 1.67. The Morgan fingerprint density at radius 3 is 2.72 bits per heavy atom. The molecule has 1 aromatic carbocycles. The van der Waals surface area contributed by atoms with Gasteiger partial charge in [0.25, 0.3) is 0 Å². The first-order valence-corrected chi connectivity index (χ1v) is 6.46. The van der Waals surface area contributed by atoms with Crippen LogP contribution in [0.15, 0.2) is 23.8 Å². The number of methoxy groups -OCH3 is 1. The Hall–Kier alpha value is -1.03. The number of benzene rings is 1. The van der Waals surface area contributed by atoms with Crippen LogP contribution in [0.5, 0.6) is 5.75 Å². The van der Waals surface area contributed by atoms with E-state index in [1.807, 2.05) is 18.2 Å². The number of halogens is 1. The van der Waals surface area contributed by atoms with Crippen LogP contribution in [0.3, 0.4) is 0 Å². The van der Waals surface area contributed by atoms with E-state index in [9.17, 15) is 0 Å². The highest BCUT2D eigenvalue weighted by molar-refractivity contribution is 6.49. The van der Waals surface area contributed by atoms with E-state index in [1.165, 1.54) is 5.56 Å². The number of ether oxygens (including phenoxy) is 3. The number of aryl methyl sites for hydroxylation is 1. The lowest BCUT2D eigenvalue weighted by Gasteiger charge is -2.23. The number of fused-ring (bicyclic) bond motifs is 1. The molecule has 1 aromatic rings. The maximum Gasteiger partial charge on any atom is 0.181 e. The summed E-state index contributed by atoms with van der Waals surface area (Å²) in [6.45, 7) is 1.29. The lowest BCUT2D eigenvalue weighted by Crippen LogP contribution is -2.16. The van der Waals surface area contributed by atoms with Gasteiger partial charge in [-0.1, -0.05) is 11.6 Å². The third-order valence-corrected chi connectivity index (χ3v) is 3.85. The molecule has 0 amide bonds. The fourth-order valence-electron chi connectivity index (χ4n) is 2.45. The second-order valence-electron chi connectivity index (χ2n) is 4.44. The van der Waals surface area contributed by atoms with Crippen molar-refractivity contribution in [3.63, 3.8) is 0 Å². The third kappa shape index (κ3) is 2.03. The van der Waals surface area contributed by atoms with Gasteiger partial charge in [-0.3, -0.25) is 0 Å². The van der Waals surface area contributed by atoms with Crippen LogP contribution < -0.4 is 4.74 Å². The van der Waals surface area contributed by atoms with Gasteiger partial charge < -0.3 is 14.2 Å². The van der Waals surface area contributed by atoms with Crippen LogP contribution in [-0.4, -0.2) is 26.6 Å². The largest absolute Gasteiger partial charge is 0.497 e. The smallest absolute Gasteiger partial charge is 0.181 e. The van der Waals surface area contributed by atoms with E-state index in [0.29, 0.717) is 13.2 Å². The standard InChI is InChI=1S/C14H15ClO3/c1-16-10-3-5-11-9(8-10)2-4-12(13(11)15)14-17-6-7-18-14/h3,5,8,14H,2,4,6-7H2,1H3. The van der Waals surface area contributed by atoms with Crippen LogP contribution in [0.25, 0.3) is 5.03 Å². The second kappa shape index (κ2) is 4.92. The molecule has 1 aliphatic carbocycles. The SMILES string of the molecule is COc1ccc2c(c1)CCC(C1OCCO1)=C2Cl. The van der Waals surface area contributed by atoms with E-state index in [4.69, 9.17) is 25.8 Å². The molecule has 0 spiro atoms. The van der Waals surface area contributed by atoms with Gasteiger partial charge in [0, 0.05) is 5.57 Å². The van der Waals surface area contributed by atoms with Crippen molar-refractivity contribution in [1.29, 1.82) is 0 Å². The highest BCUT2D eigenvalue weighted by Gasteiger charge is 2.27. The van der Waals surface area contributed by atoms with Crippen LogP contribution in [0.1, 0.15) is 17.5 Å². The summed E-state index contributed by atoms with van der Waals surface area (Å²) in [5, 5.41) is 0.769. The van der Waals surface area contributed by atoms with Crippen molar-refractivity contribution in [1.82, 2.24) is 0 Å². The molecule has 0 bridgehead atoms. The zero-order valence-corrected chi connectivity index (χ0v) is 11.0. The van der Waals surface area contributed by atoms with Gasteiger partial charge in [-0.15, -0.1) is 0 Å². The second-order valence-corrected chi connectivity index (χ2v) is 4.81. The summed E-state index contributed by atoms with van der Waals surface area (Å²) in [6.07, 6.45) is 1.57. The monoisotopic (exact) mass is 266 g/mol. The molecule has 96 valence electrons. The van der Waals surface area contributed by atoms with Gasteiger partial charge in [-0.25, -0.2) is 0 Å². The molecule has 1 saturated heterocycles. The van der Waals surface area contributed by atoms with E-state index >= 15 is 0 Å². The van der Waals surface area contributed by atoms with E-state index in [2.05, 4.69) is 0 Å². The highest BCUT2D eigenvalue weighted by atomic mass is 35.5. The Balaban J connectivity index is 1.98. The number of rotatable bonds is 2. The van der Waals surface area contributed by atoms with Crippen molar-refractivity contribution >= 4 is 16.6 Å². The molecule has 0 N–H and O–H groups in total. The zero-order valence-electron chi connectivity index (χ0n) is 10.2. The lowest BCUT2D eigenvalue weighted by molar-refractivity contribution is -0.0128. The predicted molar refractivity (Wildman–Crippen MR) is 69.8 cm³/mol. The summed E-state index contributed by atoms with van der Waals surface area (Å²) in [6, 6.07) is 5.98. The molecule has 1 heterocycles. The molecule has 1 aliphatic heterocycles. The maximum atomic E-state index is 6.47. The fraction of sp³-hybridized carbons (Fsp3) is 0.429. The van der Waals surface area contributed by atoms with Crippen molar-refractivity contribution in [2.24, 2.45) is 0 Å². The Morgan fingerprint density at radius 2 is 2.00 bits per heavy atom. The minimum absolute atomic E-state index is 0.257. The minimum Gasteiger partial charge on any atom is -0.497 e. The third-order valence-electron chi connectivity index (χ3n) is 3.40. The van der Waals surface area contributed by atoms with Crippen LogP contribution in [0.4, 0.5) is 0 Å². The summed E-state index contributed by atoms with van der Waals surface area (Å²) in [5.74, 6) is 0.870. The van der Waals surface area contributed by atoms with Crippen molar-refractivity contribution in [3.8, 4) is 5.75 Å². The molecule has 4 heteroatoms. The average molecular weight is 267 g/mol. The molecular weight excluding hydrogens is 252 g/mol.